The summed E-state index contributed by atoms with van der Waals surface area (Å²) in [6, 6.07) is 9.99. The molecular formula is C14H18N2O. The maximum Gasteiger partial charge on any atom is 0.0991 e. The van der Waals surface area contributed by atoms with Gasteiger partial charge in [0.2, 0.25) is 0 Å². The highest BCUT2D eigenvalue weighted by Crippen LogP contribution is 2.12. The summed E-state index contributed by atoms with van der Waals surface area (Å²) >= 11 is 0. The molecule has 1 aromatic rings. The molecule has 1 rings (SSSR count). The number of ether oxygens (including phenoxy) is 1. The Hall–Kier alpha value is -1.63. The Kier molecular flexibility index (Phi) is 6.02. The lowest BCUT2D eigenvalue weighted by Gasteiger charge is -2.14. The van der Waals surface area contributed by atoms with E-state index in [0.29, 0.717) is 18.8 Å². The topological polar surface area (TPSA) is 45.0 Å². The molecule has 0 saturated heterocycles. The molecular weight excluding hydrogens is 212 g/mol. The van der Waals surface area contributed by atoms with E-state index in [2.05, 4.69) is 24.9 Å². The van der Waals surface area contributed by atoms with Crippen LogP contribution in [0.4, 0.5) is 0 Å². The SMILES string of the molecule is C=CCOCCNC(C)c1ccc(C#N)cc1. The predicted octanol–water partition coefficient (Wildman–Crippen LogP) is 2.41. The summed E-state index contributed by atoms with van der Waals surface area (Å²) in [5, 5.41) is 12.1. The first kappa shape index (κ1) is 13.4. The van der Waals surface area contributed by atoms with Crippen molar-refractivity contribution < 1.29 is 4.74 Å². The molecule has 1 N–H and O–H groups in total. The molecule has 17 heavy (non-hydrogen) atoms. The molecule has 0 aliphatic carbocycles. The van der Waals surface area contributed by atoms with Crippen LogP contribution >= 0.6 is 0 Å². The highest BCUT2D eigenvalue weighted by atomic mass is 16.5. The van der Waals surface area contributed by atoms with Gasteiger partial charge in [0.1, 0.15) is 0 Å². The Bertz CT molecular complexity index is 378. The van der Waals surface area contributed by atoms with Gasteiger partial charge in [0.25, 0.3) is 0 Å². The number of hydrogen-bond donors (Lipinski definition) is 1. The van der Waals surface area contributed by atoms with Gasteiger partial charge < -0.3 is 10.1 Å². The second-order valence-corrected chi connectivity index (χ2v) is 3.77. The van der Waals surface area contributed by atoms with Crippen LogP contribution in [-0.2, 0) is 4.74 Å². The minimum Gasteiger partial charge on any atom is -0.376 e. The van der Waals surface area contributed by atoms with Gasteiger partial charge in [-0.15, -0.1) is 6.58 Å². The van der Waals surface area contributed by atoms with Crippen LogP contribution < -0.4 is 5.32 Å². The first-order valence-corrected chi connectivity index (χ1v) is 5.70. The fourth-order valence-electron chi connectivity index (χ4n) is 1.48. The average molecular weight is 230 g/mol. The Balaban J connectivity index is 2.33. The molecule has 3 heteroatoms. The smallest absolute Gasteiger partial charge is 0.0991 e. The average Bonchev–Trinajstić information content (AvgIpc) is 2.38. The van der Waals surface area contributed by atoms with Gasteiger partial charge >= 0.3 is 0 Å². The van der Waals surface area contributed by atoms with E-state index in [-0.39, 0.29) is 6.04 Å². The highest BCUT2D eigenvalue weighted by Gasteiger charge is 2.03. The maximum atomic E-state index is 8.70. The van der Waals surface area contributed by atoms with Crippen molar-refractivity contribution in [2.75, 3.05) is 19.8 Å². The number of rotatable bonds is 7. The lowest BCUT2D eigenvalue weighted by atomic mass is 10.1. The van der Waals surface area contributed by atoms with E-state index in [0.717, 1.165) is 6.54 Å². The summed E-state index contributed by atoms with van der Waals surface area (Å²) < 4.78 is 5.28. The minimum absolute atomic E-state index is 0.259. The Labute approximate surface area is 103 Å². The molecule has 1 aromatic carbocycles. The Morgan fingerprint density at radius 1 is 1.47 bits per heavy atom. The van der Waals surface area contributed by atoms with Crippen molar-refractivity contribution >= 4 is 0 Å². The molecule has 0 aliphatic heterocycles. The fourth-order valence-corrected chi connectivity index (χ4v) is 1.48. The minimum atomic E-state index is 0.259. The first-order valence-electron chi connectivity index (χ1n) is 5.70. The van der Waals surface area contributed by atoms with Gasteiger partial charge in [-0.3, -0.25) is 0 Å². The van der Waals surface area contributed by atoms with Crippen LogP contribution in [0, 0.1) is 11.3 Å². The maximum absolute atomic E-state index is 8.70. The van der Waals surface area contributed by atoms with Crippen molar-refractivity contribution in [1.29, 1.82) is 5.26 Å². The van der Waals surface area contributed by atoms with Gasteiger partial charge in [-0.2, -0.15) is 5.26 Å². The number of benzene rings is 1. The Morgan fingerprint density at radius 3 is 2.76 bits per heavy atom. The molecule has 0 heterocycles. The third-order valence-corrected chi connectivity index (χ3v) is 2.47. The number of nitriles is 1. The molecule has 1 unspecified atom stereocenters. The monoisotopic (exact) mass is 230 g/mol. The van der Waals surface area contributed by atoms with Gasteiger partial charge in [-0.05, 0) is 24.6 Å². The summed E-state index contributed by atoms with van der Waals surface area (Å²) in [4.78, 5) is 0. The Morgan fingerprint density at radius 2 is 2.18 bits per heavy atom. The quantitative estimate of drug-likeness (QED) is 0.578. The molecule has 0 bridgehead atoms. The fraction of sp³-hybridized carbons (Fsp3) is 0.357. The third-order valence-electron chi connectivity index (χ3n) is 2.47. The molecule has 3 nitrogen and oxygen atoms in total. The van der Waals surface area contributed by atoms with E-state index in [9.17, 15) is 0 Å². The molecule has 0 amide bonds. The van der Waals surface area contributed by atoms with Crippen molar-refractivity contribution in [3.05, 3.63) is 48.0 Å². The summed E-state index contributed by atoms with van der Waals surface area (Å²) in [5.41, 5.74) is 1.86. The molecule has 0 aliphatic rings. The van der Waals surface area contributed by atoms with E-state index in [1.165, 1.54) is 5.56 Å². The van der Waals surface area contributed by atoms with E-state index in [1.807, 2.05) is 24.3 Å². The van der Waals surface area contributed by atoms with Gasteiger partial charge in [-0.1, -0.05) is 18.2 Å². The van der Waals surface area contributed by atoms with Crippen LogP contribution in [0.5, 0.6) is 0 Å². The van der Waals surface area contributed by atoms with Crippen LogP contribution in [0.15, 0.2) is 36.9 Å². The van der Waals surface area contributed by atoms with Gasteiger partial charge in [-0.25, -0.2) is 0 Å². The van der Waals surface area contributed by atoms with Gasteiger partial charge in [0, 0.05) is 12.6 Å². The number of nitrogens with one attached hydrogen (secondary N) is 1. The second-order valence-electron chi connectivity index (χ2n) is 3.77. The summed E-state index contributed by atoms with van der Waals surface area (Å²) in [7, 11) is 0. The number of hydrogen-bond acceptors (Lipinski definition) is 3. The summed E-state index contributed by atoms with van der Waals surface area (Å²) in [5.74, 6) is 0. The molecule has 0 aromatic heterocycles. The zero-order valence-electron chi connectivity index (χ0n) is 10.1. The molecule has 0 saturated carbocycles. The van der Waals surface area contributed by atoms with E-state index in [4.69, 9.17) is 10.00 Å². The normalized spacial score (nSPS) is 11.8. The van der Waals surface area contributed by atoms with Crippen molar-refractivity contribution in [3.63, 3.8) is 0 Å². The summed E-state index contributed by atoms with van der Waals surface area (Å²) in [6.45, 7) is 7.74. The largest absolute Gasteiger partial charge is 0.376 e. The van der Waals surface area contributed by atoms with Gasteiger partial charge in [0.05, 0.1) is 24.8 Å². The summed E-state index contributed by atoms with van der Waals surface area (Å²) in [6.07, 6.45) is 1.74. The van der Waals surface area contributed by atoms with Crippen molar-refractivity contribution in [1.82, 2.24) is 5.32 Å². The van der Waals surface area contributed by atoms with Gasteiger partial charge in [0.15, 0.2) is 0 Å². The zero-order chi connectivity index (χ0) is 12.5. The molecule has 0 spiro atoms. The van der Waals surface area contributed by atoms with E-state index in [1.54, 1.807) is 6.08 Å². The van der Waals surface area contributed by atoms with Crippen LogP contribution in [0.3, 0.4) is 0 Å². The standard InChI is InChI=1S/C14H18N2O/c1-3-9-17-10-8-16-12(2)14-6-4-13(11-15)5-7-14/h3-7,12,16H,1,8-10H2,2H3. The zero-order valence-corrected chi connectivity index (χ0v) is 10.1. The molecule has 1 atom stereocenters. The highest BCUT2D eigenvalue weighted by molar-refractivity contribution is 5.32. The lowest BCUT2D eigenvalue weighted by molar-refractivity contribution is 0.162. The number of nitrogens with zero attached hydrogens (tertiary/aromatic N) is 1. The van der Waals surface area contributed by atoms with E-state index >= 15 is 0 Å². The lowest BCUT2D eigenvalue weighted by Crippen LogP contribution is -2.23. The second kappa shape index (κ2) is 7.61. The van der Waals surface area contributed by atoms with Crippen LogP contribution in [-0.4, -0.2) is 19.8 Å². The first-order chi connectivity index (χ1) is 8.27. The van der Waals surface area contributed by atoms with Crippen LogP contribution in [0.1, 0.15) is 24.1 Å². The van der Waals surface area contributed by atoms with E-state index < -0.39 is 0 Å². The van der Waals surface area contributed by atoms with Crippen molar-refractivity contribution in [3.8, 4) is 6.07 Å². The van der Waals surface area contributed by atoms with Crippen LogP contribution in [0.2, 0.25) is 0 Å². The van der Waals surface area contributed by atoms with Crippen molar-refractivity contribution in [2.45, 2.75) is 13.0 Å². The van der Waals surface area contributed by atoms with Crippen molar-refractivity contribution in [2.24, 2.45) is 0 Å². The third kappa shape index (κ3) is 4.81. The molecule has 90 valence electrons. The molecule has 0 fully saturated rings. The predicted molar refractivity (Wildman–Crippen MR) is 68.6 cm³/mol. The molecule has 0 radical (unpaired) electrons. The van der Waals surface area contributed by atoms with Crippen LogP contribution in [0.25, 0.3) is 0 Å².